The van der Waals surface area contributed by atoms with Crippen LogP contribution in [0.2, 0.25) is 0 Å². The molecule has 0 atom stereocenters. The highest BCUT2D eigenvalue weighted by atomic mass is 16.2. The normalized spacial score (nSPS) is 11.2. The van der Waals surface area contributed by atoms with E-state index in [1.54, 1.807) is 17.2 Å². The number of H-pyrrole nitrogens is 1. The summed E-state index contributed by atoms with van der Waals surface area (Å²) in [5.41, 5.74) is 8.20. The second-order valence-corrected chi connectivity index (χ2v) is 4.09. The van der Waals surface area contributed by atoms with Gasteiger partial charge in [-0.1, -0.05) is 0 Å². The first-order valence-electron chi connectivity index (χ1n) is 5.89. The number of aliphatic hydroxyl groups excluding tert-OH is 1. The van der Waals surface area contributed by atoms with Crippen molar-refractivity contribution in [1.82, 2.24) is 29.7 Å². The molecule has 0 bridgehead atoms. The van der Waals surface area contributed by atoms with Gasteiger partial charge in [-0.2, -0.15) is 9.78 Å². The highest BCUT2D eigenvalue weighted by Crippen LogP contribution is 2.20. The van der Waals surface area contributed by atoms with Gasteiger partial charge in [0.05, 0.1) is 12.5 Å². The van der Waals surface area contributed by atoms with E-state index in [4.69, 9.17) is 10.8 Å². The molecule has 8 heteroatoms. The number of hydrogen-bond donors (Lipinski definition) is 3. The van der Waals surface area contributed by atoms with Crippen molar-refractivity contribution in [3.63, 3.8) is 0 Å². The summed E-state index contributed by atoms with van der Waals surface area (Å²) in [4.78, 5) is 15.3. The van der Waals surface area contributed by atoms with E-state index in [1.165, 1.54) is 6.33 Å². The van der Waals surface area contributed by atoms with Gasteiger partial charge < -0.3 is 15.8 Å². The minimum atomic E-state index is 0.128. The molecule has 3 rings (SSSR count). The van der Waals surface area contributed by atoms with Gasteiger partial charge in [-0.15, -0.1) is 0 Å². The highest BCUT2D eigenvalue weighted by molar-refractivity contribution is 5.78. The van der Waals surface area contributed by atoms with E-state index in [1.807, 2.05) is 0 Å². The van der Waals surface area contributed by atoms with Gasteiger partial charge in [0.15, 0.2) is 11.5 Å². The molecular formula is C11H13N7O. The van der Waals surface area contributed by atoms with E-state index < -0.39 is 0 Å². The lowest BCUT2D eigenvalue weighted by atomic mass is 10.2. The Morgan fingerprint density at radius 3 is 3.05 bits per heavy atom. The topological polar surface area (TPSA) is 119 Å². The van der Waals surface area contributed by atoms with Crippen molar-refractivity contribution >= 4 is 17.0 Å². The Bertz CT molecular complexity index is 702. The number of fused-ring (bicyclic) bond motifs is 1. The maximum atomic E-state index is 8.85. The second kappa shape index (κ2) is 4.65. The zero-order valence-electron chi connectivity index (χ0n) is 10.1. The molecule has 3 heterocycles. The Labute approximate surface area is 108 Å². The minimum Gasteiger partial charge on any atom is -0.396 e. The van der Waals surface area contributed by atoms with Crippen molar-refractivity contribution in [3.05, 3.63) is 24.4 Å². The van der Waals surface area contributed by atoms with Gasteiger partial charge in [0.1, 0.15) is 17.7 Å². The van der Waals surface area contributed by atoms with Crippen LogP contribution in [0.3, 0.4) is 0 Å². The Balaban J connectivity index is 2.07. The van der Waals surface area contributed by atoms with Crippen LogP contribution in [0.25, 0.3) is 17.0 Å². The van der Waals surface area contributed by atoms with Crippen molar-refractivity contribution in [3.8, 4) is 5.82 Å². The lowest BCUT2D eigenvalue weighted by Crippen LogP contribution is -2.06. The van der Waals surface area contributed by atoms with Crippen LogP contribution in [0, 0.1) is 0 Å². The first-order valence-corrected chi connectivity index (χ1v) is 5.89. The fourth-order valence-electron chi connectivity index (χ4n) is 1.94. The molecular weight excluding hydrogens is 246 g/mol. The minimum absolute atomic E-state index is 0.128. The number of hydrogen-bond acceptors (Lipinski definition) is 6. The van der Waals surface area contributed by atoms with E-state index >= 15 is 0 Å². The number of nitrogens with zero attached hydrogens (tertiary/aromatic N) is 5. The third-order valence-electron chi connectivity index (χ3n) is 2.89. The molecule has 19 heavy (non-hydrogen) atoms. The van der Waals surface area contributed by atoms with Gasteiger partial charge in [-0.3, -0.25) is 0 Å². The molecule has 3 aromatic rings. The number of nitrogens with two attached hydrogens (primary N) is 1. The van der Waals surface area contributed by atoms with E-state index in [9.17, 15) is 0 Å². The third kappa shape index (κ3) is 1.91. The predicted molar refractivity (Wildman–Crippen MR) is 68.6 cm³/mol. The van der Waals surface area contributed by atoms with Gasteiger partial charge in [0.2, 0.25) is 0 Å². The van der Waals surface area contributed by atoms with Crippen molar-refractivity contribution in [2.24, 2.45) is 0 Å². The average Bonchev–Trinajstić information content (AvgIpc) is 3.03. The molecule has 0 unspecified atom stereocenters. The lowest BCUT2D eigenvalue weighted by Gasteiger charge is -2.04. The summed E-state index contributed by atoms with van der Waals surface area (Å²) in [6, 6.07) is 0. The summed E-state index contributed by atoms with van der Waals surface area (Å²) in [7, 11) is 0. The summed E-state index contributed by atoms with van der Waals surface area (Å²) in [5.74, 6) is 1.08. The lowest BCUT2D eigenvalue weighted by molar-refractivity contribution is 0.288. The summed E-state index contributed by atoms with van der Waals surface area (Å²) >= 11 is 0. The van der Waals surface area contributed by atoms with E-state index in [-0.39, 0.29) is 6.61 Å². The number of anilines is 1. The molecule has 0 aliphatic rings. The van der Waals surface area contributed by atoms with Gasteiger partial charge >= 0.3 is 0 Å². The second-order valence-electron chi connectivity index (χ2n) is 4.09. The Kier molecular flexibility index (Phi) is 2.84. The van der Waals surface area contributed by atoms with Gasteiger partial charge in [0.25, 0.3) is 0 Å². The number of aryl methyl sites for hydroxylation is 1. The largest absolute Gasteiger partial charge is 0.396 e. The molecule has 0 spiro atoms. The van der Waals surface area contributed by atoms with Crippen molar-refractivity contribution in [2.75, 3.05) is 12.3 Å². The molecule has 0 radical (unpaired) electrons. The maximum absolute atomic E-state index is 8.85. The van der Waals surface area contributed by atoms with Crippen LogP contribution in [-0.2, 0) is 6.42 Å². The standard InChI is InChI=1S/C11H13N7O/c12-9-7(2-1-3-19)4-17-18(9)11-8-10(14-5-13-8)15-6-16-11/h4-6,19H,1-3,12H2,(H,13,14,15,16). The fraction of sp³-hybridized carbons (Fsp3) is 0.273. The van der Waals surface area contributed by atoms with Crippen molar-refractivity contribution in [1.29, 1.82) is 0 Å². The summed E-state index contributed by atoms with van der Waals surface area (Å²) in [6.45, 7) is 0.128. The van der Waals surface area contributed by atoms with Crippen LogP contribution in [-0.4, -0.2) is 41.4 Å². The van der Waals surface area contributed by atoms with Gasteiger partial charge in [-0.25, -0.2) is 15.0 Å². The Morgan fingerprint density at radius 2 is 2.21 bits per heavy atom. The van der Waals surface area contributed by atoms with Crippen LogP contribution in [0.1, 0.15) is 12.0 Å². The SMILES string of the molecule is Nc1c(CCCO)cnn1-c1ncnc2nc[nH]c12. The molecule has 0 saturated carbocycles. The number of aliphatic hydroxyl groups is 1. The van der Waals surface area contributed by atoms with Crippen LogP contribution in [0.4, 0.5) is 5.82 Å². The van der Waals surface area contributed by atoms with E-state index in [0.29, 0.717) is 35.6 Å². The fourth-order valence-corrected chi connectivity index (χ4v) is 1.94. The number of aromatic amines is 1. The van der Waals surface area contributed by atoms with Crippen LogP contribution >= 0.6 is 0 Å². The van der Waals surface area contributed by atoms with Crippen LogP contribution in [0.15, 0.2) is 18.9 Å². The van der Waals surface area contributed by atoms with Crippen molar-refractivity contribution < 1.29 is 5.11 Å². The molecule has 8 nitrogen and oxygen atoms in total. The quantitative estimate of drug-likeness (QED) is 0.609. The van der Waals surface area contributed by atoms with E-state index in [0.717, 1.165) is 5.56 Å². The van der Waals surface area contributed by atoms with E-state index in [2.05, 4.69) is 25.0 Å². The molecule has 0 saturated heterocycles. The molecule has 98 valence electrons. The number of aromatic nitrogens is 6. The van der Waals surface area contributed by atoms with Crippen LogP contribution < -0.4 is 5.73 Å². The monoisotopic (exact) mass is 259 g/mol. The van der Waals surface area contributed by atoms with Crippen LogP contribution in [0.5, 0.6) is 0 Å². The first kappa shape index (κ1) is 11.6. The zero-order chi connectivity index (χ0) is 13.2. The molecule has 4 N–H and O–H groups in total. The highest BCUT2D eigenvalue weighted by Gasteiger charge is 2.14. The zero-order valence-corrected chi connectivity index (χ0v) is 10.1. The number of imidazole rings is 1. The first-order chi connectivity index (χ1) is 9.31. The summed E-state index contributed by atoms with van der Waals surface area (Å²) < 4.78 is 1.55. The number of nitrogen functional groups attached to an aromatic ring is 1. The smallest absolute Gasteiger partial charge is 0.184 e. The summed E-state index contributed by atoms with van der Waals surface area (Å²) in [5, 5.41) is 13.1. The predicted octanol–water partition coefficient (Wildman–Crippen LogP) is 0.0457. The number of nitrogens with one attached hydrogen (secondary N) is 1. The average molecular weight is 259 g/mol. The maximum Gasteiger partial charge on any atom is 0.184 e. The molecule has 0 aliphatic carbocycles. The van der Waals surface area contributed by atoms with Gasteiger partial charge in [0, 0.05) is 12.2 Å². The number of rotatable bonds is 4. The molecule has 0 amide bonds. The molecule has 0 fully saturated rings. The third-order valence-corrected chi connectivity index (χ3v) is 2.89. The molecule has 0 aliphatic heterocycles. The van der Waals surface area contributed by atoms with Crippen molar-refractivity contribution in [2.45, 2.75) is 12.8 Å². The molecule has 3 aromatic heterocycles. The van der Waals surface area contributed by atoms with Gasteiger partial charge in [-0.05, 0) is 12.8 Å². The Morgan fingerprint density at radius 1 is 1.32 bits per heavy atom. The molecule has 0 aromatic carbocycles. The Hall–Kier alpha value is -2.48. The summed E-state index contributed by atoms with van der Waals surface area (Å²) in [6.07, 6.45) is 6.00.